The Morgan fingerprint density at radius 3 is 1.18 bits per heavy atom. The van der Waals surface area contributed by atoms with Gasteiger partial charge in [-0.15, -0.1) is 0 Å². The SMILES string of the molecule is Cc1ccc(S(=O)(=O)OC[C@H](F)[C@@H](F)C(F)[C@H](F)[C@@H](F)COS(=O)(=O)c2ccc(C)cc2)cc1. The fraction of sp³-hybridized carbons (Fsp3) is 0.429. The molecule has 0 heterocycles. The number of halogens is 5. The lowest BCUT2D eigenvalue weighted by atomic mass is 10.0. The Bertz CT molecular complexity index is 1050. The lowest BCUT2D eigenvalue weighted by Crippen LogP contribution is -2.42. The molecule has 0 N–H and O–H groups in total. The molecule has 190 valence electrons. The molecule has 0 radical (unpaired) electrons. The minimum absolute atomic E-state index is 0.364. The van der Waals surface area contributed by atoms with Gasteiger partial charge in [0.15, 0.2) is 30.9 Å². The summed E-state index contributed by atoms with van der Waals surface area (Å²) >= 11 is 0. The molecule has 0 unspecified atom stereocenters. The fourth-order valence-electron chi connectivity index (χ4n) is 2.61. The van der Waals surface area contributed by atoms with Crippen LogP contribution in [0.15, 0.2) is 58.3 Å². The zero-order valence-electron chi connectivity index (χ0n) is 18.1. The summed E-state index contributed by atoms with van der Waals surface area (Å²) in [7, 11) is -9.01. The van der Waals surface area contributed by atoms with Crippen molar-refractivity contribution in [3.8, 4) is 0 Å². The van der Waals surface area contributed by atoms with Crippen LogP contribution in [-0.4, -0.2) is 60.9 Å². The maximum Gasteiger partial charge on any atom is 0.297 e. The molecule has 0 bridgehead atoms. The van der Waals surface area contributed by atoms with E-state index in [-0.39, 0.29) is 9.79 Å². The van der Waals surface area contributed by atoms with E-state index < -0.39 is 64.3 Å². The van der Waals surface area contributed by atoms with Gasteiger partial charge in [0, 0.05) is 0 Å². The topological polar surface area (TPSA) is 86.7 Å². The molecule has 0 aromatic heterocycles. The quantitative estimate of drug-likeness (QED) is 0.303. The molecule has 0 saturated heterocycles. The molecule has 2 aromatic rings. The van der Waals surface area contributed by atoms with Crippen LogP contribution in [0.5, 0.6) is 0 Å². The number of hydrogen-bond donors (Lipinski definition) is 0. The summed E-state index contributed by atoms with van der Waals surface area (Å²) in [5.41, 5.74) is 1.44. The van der Waals surface area contributed by atoms with Gasteiger partial charge in [0.2, 0.25) is 0 Å². The summed E-state index contributed by atoms with van der Waals surface area (Å²) in [6.45, 7) is 0.385. The van der Waals surface area contributed by atoms with Crippen molar-refractivity contribution in [3.63, 3.8) is 0 Å². The van der Waals surface area contributed by atoms with E-state index in [1.54, 1.807) is 13.8 Å². The van der Waals surface area contributed by atoms with Gasteiger partial charge in [-0.3, -0.25) is 8.37 Å². The van der Waals surface area contributed by atoms with Gasteiger partial charge in [0.1, 0.15) is 13.2 Å². The molecule has 2 rings (SSSR count). The molecule has 4 atom stereocenters. The van der Waals surface area contributed by atoms with Crippen molar-refractivity contribution < 1.29 is 47.2 Å². The summed E-state index contributed by atoms with van der Waals surface area (Å²) < 4.78 is 127. The Kier molecular flexibility index (Phi) is 9.57. The Hall–Kier alpha value is -2.09. The highest BCUT2D eigenvalue weighted by atomic mass is 32.2. The van der Waals surface area contributed by atoms with Gasteiger partial charge in [-0.1, -0.05) is 35.4 Å². The van der Waals surface area contributed by atoms with Gasteiger partial charge in [0.25, 0.3) is 20.2 Å². The Balaban J connectivity index is 1.92. The highest BCUT2D eigenvalue weighted by Crippen LogP contribution is 2.24. The summed E-state index contributed by atoms with van der Waals surface area (Å²) in [5.74, 6) is 0. The third kappa shape index (κ3) is 7.45. The normalized spacial score (nSPS) is 16.2. The number of hydrogen-bond acceptors (Lipinski definition) is 6. The van der Waals surface area contributed by atoms with Crippen molar-refractivity contribution in [3.05, 3.63) is 59.7 Å². The van der Waals surface area contributed by atoms with Crippen molar-refractivity contribution in [1.29, 1.82) is 0 Å². The molecule has 34 heavy (non-hydrogen) atoms. The fourth-order valence-corrected chi connectivity index (χ4v) is 4.44. The molecule has 6 nitrogen and oxygen atoms in total. The third-order valence-corrected chi connectivity index (χ3v) is 7.28. The van der Waals surface area contributed by atoms with Gasteiger partial charge >= 0.3 is 0 Å². The molecule has 13 heteroatoms. The lowest BCUT2D eigenvalue weighted by Gasteiger charge is -2.22. The van der Waals surface area contributed by atoms with Crippen molar-refractivity contribution >= 4 is 20.2 Å². The Labute approximate surface area is 194 Å². The van der Waals surface area contributed by atoms with Crippen molar-refractivity contribution in [2.45, 2.75) is 54.5 Å². The van der Waals surface area contributed by atoms with Gasteiger partial charge in [-0.2, -0.15) is 16.8 Å². The first-order valence-corrected chi connectivity index (χ1v) is 12.7. The second-order valence-corrected chi connectivity index (χ2v) is 10.7. The van der Waals surface area contributed by atoms with Crippen LogP contribution in [-0.2, 0) is 28.6 Å². The smallest absolute Gasteiger partial charge is 0.263 e. The molecule has 0 saturated carbocycles. The van der Waals surface area contributed by atoms with Crippen LogP contribution in [0.4, 0.5) is 22.0 Å². The zero-order chi connectivity index (χ0) is 25.7. The van der Waals surface area contributed by atoms with Crippen LogP contribution in [0.25, 0.3) is 0 Å². The first kappa shape index (κ1) is 28.1. The van der Waals surface area contributed by atoms with Crippen LogP contribution < -0.4 is 0 Å². The van der Waals surface area contributed by atoms with E-state index in [1.165, 1.54) is 24.3 Å². The Morgan fingerprint density at radius 2 is 0.882 bits per heavy atom. The molecule has 0 aliphatic carbocycles. The maximum absolute atomic E-state index is 14.0. The van der Waals surface area contributed by atoms with Gasteiger partial charge in [-0.05, 0) is 38.1 Å². The standard InChI is InChI=1S/C21H23F5O6S2/c1-13-3-7-15(8-4-13)33(27,28)31-11-17(22)19(24)21(26)20(25)18(23)12-32-34(29,30)16-9-5-14(2)6-10-16/h3-10,17-21H,11-12H2,1-2H3/t17-,18-,19+,20+/m0/s1. The number of benzene rings is 2. The molecule has 0 spiro atoms. The van der Waals surface area contributed by atoms with E-state index in [0.717, 1.165) is 35.4 Å². The second kappa shape index (κ2) is 11.6. The maximum atomic E-state index is 14.0. The van der Waals surface area contributed by atoms with Crippen LogP contribution in [0.2, 0.25) is 0 Å². The van der Waals surface area contributed by atoms with Crippen molar-refractivity contribution in [2.75, 3.05) is 13.2 Å². The van der Waals surface area contributed by atoms with Gasteiger partial charge < -0.3 is 0 Å². The number of aryl methyl sites for hydroxylation is 2. The van der Waals surface area contributed by atoms with Crippen LogP contribution in [0, 0.1) is 13.8 Å². The van der Waals surface area contributed by atoms with E-state index in [0.29, 0.717) is 0 Å². The van der Waals surface area contributed by atoms with E-state index in [9.17, 15) is 38.8 Å². The number of rotatable bonds is 12. The van der Waals surface area contributed by atoms with Gasteiger partial charge in [0.05, 0.1) is 9.79 Å². The van der Waals surface area contributed by atoms with Gasteiger partial charge in [-0.25, -0.2) is 22.0 Å². The summed E-state index contributed by atoms with van der Waals surface area (Å²) in [6.07, 6.45) is -15.9. The van der Waals surface area contributed by atoms with Crippen molar-refractivity contribution in [1.82, 2.24) is 0 Å². The molecular formula is C21H23F5O6S2. The molecule has 0 aliphatic heterocycles. The highest BCUT2D eigenvalue weighted by Gasteiger charge is 2.41. The third-order valence-electron chi connectivity index (χ3n) is 4.68. The van der Waals surface area contributed by atoms with E-state index in [1.807, 2.05) is 0 Å². The van der Waals surface area contributed by atoms with Crippen molar-refractivity contribution in [2.24, 2.45) is 0 Å². The highest BCUT2D eigenvalue weighted by molar-refractivity contribution is 7.87. The van der Waals surface area contributed by atoms with E-state index >= 15 is 0 Å². The second-order valence-electron chi connectivity index (χ2n) is 7.47. The van der Waals surface area contributed by atoms with E-state index in [2.05, 4.69) is 8.37 Å². The van der Waals surface area contributed by atoms with Crippen LogP contribution in [0.1, 0.15) is 11.1 Å². The van der Waals surface area contributed by atoms with E-state index in [4.69, 9.17) is 0 Å². The average Bonchev–Trinajstić information content (AvgIpc) is 2.80. The summed E-state index contributed by atoms with van der Waals surface area (Å²) in [6, 6.07) is 10.3. The molecule has 2 aromatic carbocycles. The molecule has 0 fully saturated rings. The minimum atomic E-state index is -4.51. The monoisotopic (exact) mass is 530 g/mol. The molecular weight excluding hydrogens is 507 g/mol. The summed E-state index contributed by atoms with van der Waals surface area (Å²) in [4.78, 5) is -0.728. The lowest BCUT2D eigenvalue weighted by molar-refractivity contribution is -0.0172. The number of alkyl halides is 5. The predicted molar refractivity (Wildman–Crippen MR) is 113 cm³/mol. The first-order chi connectivity index (χ1) is 15.7. The predicted octanol–water partition coefficient (Wildman–Crippen LogP) is 4.10. The van der Waals surface area contributed by atoms with Crippen LogP contribution in [0.3, 0.4) is 0 Å². The zero-order valence-corrected chi connectivity index (χ0v) is 19.7. The Morgan fingerprint density at radius 1 is 0.588 bits per heavy atom. The minimum Gasteiger partial charge on any atom is -0.263 e. The molecule has 0 aliphatic rings. The first-order valence-electron chi connectivity index (χ1n) is 9.87. The molecule has 0 amide bonds. The average molecular weight is 531 g/mol. The van der Waals surface area contributed by atoms with Crippen LogP contribution >= 0.6 is 0 Å². The largest absolute Gasteiger partial charge is 0.297 e. The summed E-state index contributed by atoms with van der Waals surface area (Å²) in [5, 5.41) is 0.